The van der Waals surface area contributed by atoms with Crippen LogP contribution >= 0.6 is 11.6 Å². The minimum absolute atomic E-state index is 0.407. The second kappa shape index (κ2) is 4.12. The second-order valence-corrected chi connectivity index (χ2v) is 2.31. The second-order valence-electron chi connectivity index (χ2n) is 1.97. The molecule has 0 aliphatic rings. The summed E-state index contributed by atoms with van der Waals surface area (Å²) in [4.78, 5) is 5.58. The van der Waals surface area contributed by atoms with E-state index in [1.807, 2.05) is 14.1 Å². The van der Waals surface area contributed by atoms with Crippen LogP contribution < -0.4 is 0 Å². The van der Waals surface area contributed by atoms with Crippen molar-refractivity contribution in [3.05, 3.63) is 24.9 Å². The summed E-state index contributed by atoms with van der Waals surface area (Å²) in [6, 6.07) is 0. The molecule has 0 heterocycles. The third kappa shape index (κ3) is 3.30. The lowest BCUT2D eigenvalue weighted by atomic mass is 10.5. The molecule has 10 heavy (non-hydrogen) atoms. The lowest BCUT2D eigenvalue weighted by molar-refractivity contribution is 0.634. The van der Waals surface area contributed by atoms with E-state index in [2.05, 4.69) is 18.2 Å². The van der Waals surface area contributed by atoms with Crippen molar-refractivity contribution >= 4 is 16.9 Å². The van der Waals surface area contributed by atoms with Crippen molar-refractivity contribution in [2.45, 2.75) is 0 Å². The summed E-state index contributed by atoms with van der Waals surface area (Å²) in [6.07, 6.45) is 1.55. The van der Waals surface area contributed by atoms with E-state index in [9.17, 15) is 0 Å². The molecule has 0 spiro atoms. The topological polar surface area (TPSA) is 15.6 Å². The largest absolute Gasteiger partial charge is 0.353 e. The summed E-state index contributed by atoms with van der Waals surface area (Å²) in [5.74, 6) is 0. The fraction of sp³-hybridized carbons (Fsp3) is 0.286. The van der Waals surface area contributed by atoms with Crippen LogP contribution in [0.15, 0.2) is 29.9 Å². The fourth-order valence-corrected chi connectivity index (χ4v) is 0.373. The van der Waals surface area contributed by atoms with Gasteiger partial charge < -0.3 is 4.90 Å². The van der Waals surface area contributed by atoms with E-state index >= 15 is 0 Å². The molecule has 0 radical (unpaired) electrons. The fourth-order valence-electron chi connectivity index (χ4n) is 0.264. The molecule has 0 saturated carbocycles. The summed E-state index contributed by atoms with van der Waals surface area (Å²) in [6.45, 7) is 7.07. The molecule has 0 aromatic carbocycles. The molecule has 56 valence electrons. The van der Waals surface area contributed by atoms with Gasteiger partial charge in [-0.05, 0) is 17.7 Å². The van der Waals surface area contributed by atoms with Gasteiger partial charge in [-0.25, -0.2) is 4.99 Å². The summed E-state index contributed by atoms with van der Waals surface area (Å²) in [7, 11) is 3.62. The number of rotatable bonds is 2. The van der Waals surface area contributed by atoms with Gasteiger partial charge in [-0.2, -0.15) is 0 Å². The van der Waals surface area contributed by atoms with Gasteiger partial charge in [0.05, 0.1) is 5.70 Å². The molecule has 0 fully saturated rings. The maximum absolute atomic E-state index is 5.66. The first-order chi connectivity index (χ1) is 4.57. The highest BCUT2D eigenvalue weighted by Gasteiger charge is 1.93. The van der Waals surface area contributed by atoms with Gasteiger partial charge in [0.15, 0.2) is 5.29 Å². The molecule has 0 N–H and O–H groups in total. The van der Waals surface area contributed by atoms with Crippen molar-refractivity contribution in [2.75, 3.05) is 14.1 Å². The van der Waals surface area contributed by atoms with Gasteiger partial charge in [0, 0.05) is 14.1 Å². The van der Waals surface area contributed by atoms with Crippen LogP contribution in [-0.4, -0.2) is 24.3 Å². The maximum Gasteiger partial charge on any atom is 0.198 e. The number of allylic oxidation sites excluding steroid dienone is 1. The molecule has 0 aromatic heterocycles. The molecule has 0 aliphatic carbocycles. The van der Waals surface area contributed by atoms with Crippen molar-refractivity contribution in [1.29, 1.82) is 0 Å². The number of nitrogens with zero attached hydrogens (tertiary/aromatic N) is 2. The number of halogens is 1. The Labute approximate surface area is 66.5 Å². The molecule has 0 aliphatic heterocycles. The lowest BCUT2D eigenvalue weighted by Crippen LogP contribution is -2.15. The Morgan fingerprint density at radius 2 is 2.10 bits per heavy atom. The molecule has 3 heteroatoms. The highest BCUT2D eigenvalue weighted by molar-refractivity contribution is 6.64. The van der Waals surface area contributed by atoms with Crippen LogP contribution in [0.5, 0.6) is 0 Å². The predicted molar refractivity (Wildman–Crippen MR) is 46.3 cm³/mol. The van der Waals surface area contributed by atoms with Crippen molar-refractivity contribution in [3.8, 4) is 0 Å². The highest BCUT2D eigenvalue weighted by atomic mass is 35.5. The summed E-state index contributed by atoms with van der Waals surface area (Å²) >= 11 is 5.66. The van der Waals surface area contributed by atoms with E-state index in [-0.39, 0.29) is 0 Å². The monoisotopic (exact) mass is 158 g/mol. The van der Waals surface area contributed by atoms with Crippen LogP contribution in [0.1, 0.15) is 0 Å². The smallest absolute Gasteiger partial charge is 0.198 e. The average molecular weight is 159 g/mol. The Morgan fingerprint density at radius 1 is 1.60 bits per heavy atom. The SMILES string of the molecule is C=CC(=C)/N=C(/Cl)N(C)C. The summed E-state index contributed by atoms with van der Waals surface area (Å²) in [5, 5.41) is 0.407. The quantitative estimate of drug-likeness (QED) is 0.259. The van der Waals surface area contributed by atoms with E-state index in [0.717, 1.165) is 0 Å². The zero-order valence-corrected chi connectivity index (χ0v) is 7.02. The summed E-state index contributed by atoms with van der Waals surface area (Å²) < 4.78 is 0. The van der Waals surface area contributed by atoms with Gasteiger partial charge in [-0.15, -0.1) is 0 Å². The molecule has 0 bridgehead atoms. The van der Waals surface area contributed by atoms with E-state index in [4.69, 9.17) is 11.6 Å². The van der Waals surface area contributed by atoms with Crippen LogP contribution in [0.2, 0.25) is 0 Å². The Morgan fingerprint density at radius 3 is 2.40 bits per heavy atom. The third-order valence-corrected chi connectivity index (χ3v) is 1.26. The van der Waals surface area contributed by atoms with Gasteiger partial charge >= 0.3 is 0 Å². The average Bonchev–Trinajstić information content (AvgIpc) is 1.87. The van der Waals surface area contributed by atoms with Gasteiger partial charge in [0.25, 0.3) is 0 Å². The first-order valence-corrected chi connectivity index (χ1v) is 3.18. The van der Waals surface area contributed by atoms with Gasteiger partial charge in [-0.1, -0.05) is 13.2 Å². The maximum atomic E-state index is 5.66. The lowest BCUT2D eigenvalue weighted by Gasteiger charge is -2.07. The van der Waals surface area contributed by atoms with Crippen molar-refractivity contribution in [3.63, 3.8) is 0 Å². The molecule has 0 aromatic rings. The van der Waals surface area contributed by atoms with E-state index < -0.39 is 0 Å². The van der Waals surface area contributed by atoms with E-state index in [1.54, 1.807) is 11.0 Å². The Hall–Kier alpha value is -0.760. The minimum Gasteiger partial charge on any atom is -0.353 e. The van der Waals surface area contributed by atoms with Crippen molar-refractivity contribution < 1.29 is 0 Å². The number of hydrogen-bond acceptors (Lipinski definition) is 1. The molecule has 0 amide bonds. The minimum atomic E-state index is 0.407. The predicted octanol–water partition coefficient (Wildman–Crippen LogP) is 1.84. The highest BCUT2D eigenvalue weighted by Crippen LogP contribution is 1.98. The van der Waals surface area contributed by atoms with Crippen molar-refractivity contribution in [1.82, 2.24) is 4.90 Å². The van der Waals surface area contributed by atoms with Gasteiger partial charge in [-0.3, -0.25) is 0 Å². The van der Waals surface area contributed by atoms with Crippen LogP contribution in [0.3, 0.4) is 0 Å². The van der Waals surface area contributed by atoms with Crippen LogP contribution in [0, 0.1) is 0 Å². The van der Waals surface area contributed by atoms with Crippen LogP contribution in [0.4, 0.5) is 0 Å². The Bertz CT molecular complexity index is 170. The van der Waals surface area contributed by atoms with Gasteiger partial charge in [0.2, 0.25) is 0 Å². The number of amidine groups is 1. The van der Waals surface area contributed by atoms with Crippen molar-refractivity contribution in [2.24, 2.45) is 4.99 Å². The molecule has 0 atom stereocenters. The Kier molecular flexibility index (Phi) is 3.81. The molecular formula is C7H11ClN2. The van der Waals surface area contributed by atoms with Crippen LogP contribution in [-0.2, 0) is 0 Å². The standard InChI is InChI=1S/C7H11ClN2/c1-5-6(2)9-7(8)10(3)4/h5H,1-2H2,3-4H3/b9-7-. The first-order valence-electron chi connectivity index (χ1n) is 2.80. The van der Waals surface area contributed by atoms with Crippen LogP contribution in [0.25, 0.3) is 0 Å². The van der Waals surface area contributed by atoms with Gasteiger partial charge in [0.1, 0.15) is 0 Å². The van der Waals surface area contributed by atoms with E-state index in [1.165, 1.54) is 0 Å². The third-order valence-electron chi connectivity index (χ3n) is 0.841. The Balaban J connectivity index is 4.16. The first kappa shape index (κ1) is 9.24. The number of aliphatic imine (C=N–C) groups is 1. The molecule has 0 rings (SSSR count). The summed E-state index contributed by atoms with van der Waals surface area (Å²) in [5.41, 5.74) is 0.568. The van der Waals surface area contributed by atoms with E-state index in [0.29, 0.717) is 11.0 Å². The molecule has 0 unspecified atom stereocenters. The zero-order valence-electron chi connectivity index (χ0n) is 6.26. The molecule has 0 saturated heterocycles. The number of hydrogen-bond donors (Lipinski definition) is 0. The zero-order chi connectivity index (χ0) is 8.15. The molecule has 2 nitrogen and oxygen atoms in total. The molecular weight excluding hydrogens is 148 g/mol. The normalized spacial score (nSPS) is 10.9.